The van der Waals surface area contributed by atoms with Crippen molar-refractivity contribution >= 4 is 11.0 Å². The molecule has 0 aliphatic heterocycles. The Labute approximate surface area is 261 Å². The van der Waals surface area contributed by atoms with Crippen LogP contribution in [-0.2, 0) is 5.41 Å². The molecule has 6 aromatic rings. The second kappa shape index (κ2) is 11.4. The number of imidazole rings is 1. The van der Waals surface area contributed by atoms with Gasteiger partial charge in [-0.05, 0) is 82.0 Å². The third-order valence-electron chi connectivity index (χ3n) is 8.47. The molecule has 4 aromatic carbocycles. The highest BCUT2D eigenvalue weighted by atomic mass is 16.3. The topological polar surface area (TPSA) is 50.9 Å². The lowest BCUT2D eigenvalue weighted by Crippen LogP contribution is -2.12. The van der Waals surface area contributed by atoms with Crippen LogP contribution < -0.4 is 0 Å². The Kier molecular flexibility index (Phi) is 7.63. The van der Waals surface area contributed by atoms with Gasteiger partial charge in [-0.1, -0.05) is 103 Å². The molecule has 6 rings (SSSR count). The standard InChI is InChI=1S/C40H41N3O/c1-25(2)30-17-13-18-31(26(3)4)38(30)43-35-24-29(40(5,6)7)23-33(37(35)42-39(43)32-16-8-9-20-36(32)44)27-14-12-15-28(22-27)34-19-10-11-21-41-34/h8-26,44H,1-7H3. The molecule has 2 aromatic heterocycles. The molecule has 44 heavy (non-hydrogen) atoms. The number of aromatic hydroxyl groups is 1. The van der Waals surface area contributed by atoms with Crippen molar-refractivity contribution in [2.45, 2.75) is 65.7 Å². The molecule has 0 spiro atoms. The SMILES string of the molecule is CC(C)c1cccc(C(C)C)c1-n1c(-c2ccccc2O)nc2c(-c3cccc(-c4ccccn4)c3)cc(C(C)(C)C)cc21. The van der Waals surface area contributed by atoms with Crippen molar-refractivity contribution in [3.63, 3.8) is 0 Å². The molecule has 222 valence electrons. The summed E-state index contributed by atoms with van der Waals surface area (Å²) in [6.45, 7) is 15.8. The smallest absolute Gasteiger partial charge is 0.149 e. The van der Waals surface area contributed by atoms with Gasteiger partial charge in [-0.3, -0.25) is 9.55 Å². The predicted molar refractivity (Wildman–Crippen MR) is 184 cm³/mol. The third-order valence-corrected chi connectivity index (χ3v) is 8.47. The fraction of sp³-hybridized carbons (Fsp3) is 0.250. The quantitative estimate of drug-likeness (QED) is 0.213. The molecule has 0 saturated carbocycles. The zero-order chi connectivity index (χ0) is 31.2. The Bertz CT molecular complexity index is 1930. The first-order valence-corrected chi connectivity index (χ1v) is 15.5. The maximum Gasteiger partial charge on any atom is 0.149 e. The molecule has 0 saturated heterocycles. The number of pyridine rings is 1. The number of hydrogen-bond donors (Lipinski definition) is 1. The third kappa shape index (κ3) is 5.30. The van der Waals surface area contributed by atoms with Gasteiger partial charge in [0, 0.05) is 17.3 Å². The van der Waals surface area contributed by atoms with Gasteiger partial charge in [0.1, 0.15) is 11.6 Å². The molecule has 0 aliphatic carbocycles. The summed E-state index contributed by atoms with van der Waals surface area (Å²) in [6.07, 6.45) is 1.83. The summed E-state index contributed by atoms with van der Waals surface area (Å²) in [5.41, 5.74) is 11.6. The Morgan fingerprint density at radius 2 is 1.34 bits per heavy atom. The highest BCUT2D eigenvalue weighted by Gasteiger charge is 2.27. The van der Waals surface area contributed by atoms with E-state index in [1.807, 2.05) is 42.6 Å². The van der Waals surface area contributed by atoms with Crippen molar-refractivity contribution in [3.8, 4) is 45.2 Å². The van der Waals surface area contributed by atoms with Crippen LogP contribution in [0.15, 0.2) is 103 Å². The summed E-state index contributed by atoms with van der Waals surface area (Å²) in [4.78, 5) is 10.0. The van der Waals surface area contributed by atoms with Crippen molar-refractivity contribution in [2.75, 3.05) is 0 Å². The van der Waals surface area contributed by atoms with Crippen molar-refractivity contribution in [1.82, 2.24) is 14.5 Å². The number of phenols is 1. The van der Waals surface area contributed by atoms with E-state index < -0.39 is 0 Å². The summed E-state index contributed by atoms with van der Waals surface area (Å²) in [5, 5.41) is 11.2. The Morgan fingerprint density at radius 3 is 1.98 bits per heavy atom. The molecule has 0 fully saturated rings. The van der Waals surface area contributed by atoms with Gasteiger partial charge in [-0.25, -0.2) is 4.98 Å². The molecule has 0 unspecified atom stereocenters. The van der Waals surface area contributed by atoms with E-state index in [0.717, 1.165) is 44.9 Å². The summed E-state index contributed by atoms with van der Waals surface area (Å²) in [5.74, 6) is 1.53. The van der Waals surface area contributed by atoms with Gasteiger partial charge in [-0.15, -0.1) is 0 Å². The Hall–Kier alpha value is -4.70. The minimum absolute atomic E-state index is 0.107. The lowest BCUT2D eigenvalue weighted by molar-refractivity contribution is 0.477. The lowest BCUT2D eigenvalue weighted by Gasteiger charge is -2.24. The molecule has 0 atom stereocenters. The van der Waals surface area contributed by atoms with Gasteiger partial charge >= 0.3 is 0 Å². The maximum atomic E-state index is 11.2. The molecule has 0 amide bonds. The largest absolute Gasteiger partial charge is 0.507 e. The number of hydrogen-bond acceptors (Lipinski definition) is 3. The number of fused-ring (bicyclic) bond motifs is 1. The van der Waals surface area contributed by atoms with Crippen molar-refractivity contribution in [1.29, 1.82) is 0 Å². The normalized spacial score (nSPS) is 12.0. The first-order chi connectivity index (χ1) is 21.0. The van der Waals surface area contributed by atoms with Gasteiger partial charge in [-0.2, -0.15) is 0 Å². The van der Waals surface area contributed by atoms with Gasteiger partial charge < -0.3 is 5.11 Å². The molecule has 4 heteroatoms. The van der Waals surface area contributed by atoms with Gasteiger partial charge in [0.05, 0.1) is 28.0 Å². The fourth-order valence-corrected chi connectivity index (χ4v) is 6.05. The minimum Gasteiger partial charge on any atom is -0.507 e. The van der Waals surface area contributed by atoms with Crippen LogP contribution in [0.4, 0.5) is 0 Å². The van der Waals surface area contributed by atoms with Crippen LogP contribution in [0.5, 0.6) is 5.75 Å². The average molecular weight is 580 g/mol. The molecule has 0 bridgehead atoms. The zero-order valence-corrected chi connectivity index (χ0v) is 26.8. The van der Waals surface area contributed by atoms with Crippen LogP contribution in [-0.4, -0.2) is 19.6 Å². The molecule has 1 N–H and O–H groups in total. The fourth-order valence-electron chi connectivity index (χ4n) is 6.05. The first kappa shape index (κ1) is 29.4. The molecule has 4 nitrogen and oxygen atoms in total. The first-order valence-electron chi connectivity index (χ1n) is 15.5. The Morgan fingerprint density at radius 1 is 0.682 bits per heavy atom. The number of nitrogens with zero attached hydrogens (tertiary/aromatic N) is 3. The molecular formula is C40H41N3O. The second-order valence-corrected chi connectivity index (χ2v) is 13.3. The van der Waals surface area contributed by atoms with Crippen LogP contribution in [0.25, 0.3) is 50.5 Å². The molecular weight excluding hydrogens is 538 g/mol. The number of benzene rings is 4. The van der Waals surface area contributed by atoms with E-state index in [-0.39, 0.29) is 11.2 Å². The predicted octanol–water partition coefficient (Wildman–Crippen LogP) is 10.7. The van der Waals surface area contributed by atoms with E-state index in [0.29, 0.717) is 17.4 Å². The van der Waals surface area contributed by atoms with Crippen LogP contribution in [0.3, 0.4) is 0 Å². The van der Waals surface area contributed by atoms with E-state index in [1.54, 1.807) is 6.07 Å². The van der Waals surface area contributed by atoms with Gasteiger partial charge in [0.25, 0.3) is 0 Å². The molecule has 0 radical (unpaired) electrons. The Balaban J connectivity index is 1.78. The molecule has 0 aliphatic rings. The highest BCUT2D eigenvalue weighted by molar-refractivity contribution is 5.97. The van der Waals surface area contributed by atoms with Crippen LogP contribution in [0.2, 0.25) is 0 Å². The van der Waals surface area contributed by atoms with E-state index >= 15 is 0 Å². The van der Waals surface area contributed by atoms with E-state index in [2.05, 4.69) is 113 Å². The summed E-state index contributed by atoms with van der Waals surface area (Å²) >= 11 is 0. The van der Waals surface area contributed by atoms with E-state index in [1.165, 1.54) is 16.7 Å². The minimum atomic E-state index is -0.107. The van der Waals surface area contributed by atoms with Crippen LogP contribution in [0.1, 0.15) is 77.0 Å². The van der Waals surface area contributed by atoms with Gasteiger partial charge in [0.15, 0.2) is 0 Å². The number of aromatic nitrogens is 3. The zero-order valence-electron chi connectivity index (χ0n) is 26.8. The monoisotopic (exact) mass is 579 g/mol. The highest BCUT2D eigenvalue weighted by Crippen LogP contribution is 2.43. The van der Waals surface area contributed by atoms with Crippen LogP contribution in [0, 0.1) is 0 Å². The summed E-state index contributed by atoms with van der Waals surface area (Å²) in [7, 11) is 0. The van der Waals surface area contributed by atoms with Crippen molar-refractivity contribution in [3.05, 3.63) is 120 Å². The summed E-state index contributed by atoms with van der Waals surface area (Å²) < 4.78 is 2.32. The average Bonchev–Trinajstić information content (AvgIpc) is 3.39. The summed E-state index contributed by atoms with van der Waals surface area (Å²) in [6, 6.07) is 33.4. The van der Waals surface area contributed by atoms with Crippen molar-refractivity contribution < 1.29 is 5.11 Å². The van der Waals surface area contributed by atoms with Gasteiger partial charge in [0.2, 0.25) is 0 Å². The van der Waals surface area contributed by atoms with E-state index in [4.69, 9.17) is 4.98 Å². The maximum absolute atomic E-state index is 11.2. The van der Waals surface area contributed by atoms with Crippen LogP contribution >= 0.6 is 0 Å². The number of para-hydroxylation sites is 2. The number of rotatable bonds is 6. The van der Waals surface area contributed by atoms with Crippen molar-refractivity contribution in [2.24, 2.45) is 0 Å². The van der Waals surface area contributed by atoms with E-state index in [9.17, 15) is 5.11 Å². The lowest BCUT2D eigenvalue weighted by atomic mass is 9.84. The molecule has 2 heterocycles. The second-order valence-electron chi connectivity index (χ2n) is 13.3. The number of phenolic OH excluding ortho intramolecular Hbond substituents is 1.